The zero-order chi connectivity index (χ0) is 26.7. The number of hydrogen-bond acceptors (Lipinski definition) is 7. The number of aromatic carboxylic acids is 1. The van der Waals surface area contributed by atoms with Crippen LogP contribution in [0.5, 0.6) is 0 Å². The lowest BCUT2D eigenvalue weighted by Crippen LogP contribution is -2.37. The number of carboxylic acid groups (broad SMARTS) is 1. The molecule has 1 aliphatic heterocycles. The van der Waals surface area contributed by atoms with E-state index in [2.05, 4.69) is 15.3 Å². The monoisotopic (exact) mass is 519 g/mol. The molecule has 1 aliphatic carbocycles. The smallest absolute Gasteiger partial charge is 0.341 e. The van der Waals surface area contributed by atoms with Gasteiger partial charge in [0.1, 0.15) is 11.2 Å². The third-order valence-electron chi connectivity index (χ3n) is 7.20. The second kappa shape index (κ2) is 8.88. The third kappa shape index (κ3) is 3.53. The van der Waals surface area contributed by atoms with Gasteiger partial charge in [0, 0.05) is 86.2 Å². The first kappa shape index (κ1) is 24.0. The number of fused-ring (bicyclic) bond motifs is 4. The Bertz CT molecular complexity index is 1710. The molecule has 4 aromatic rings. The quantitative estimate of drug-likeness (QED) is 0.372. The van der Waals surface area contributed by atoms with Crippen molar-refractivity contribution in [2.45, 2.75) is 6.42 Å². The van der Waals surface area contributed by atoms with Crippen LogP contribution in [-0.4, -0.2) is 59.0 Å². The molecule has 0 bridgehead atoms. The van der Waals surface area contributed by atoms with Crippen molar-refractivity contribution in [3.05, 3.63) is 69.4 Å². The van der Waals surface area contributed by atoms with Crippen molar-refractivity contribution in [2.24, 2.45) is 7.05 Å². The number of rotatable bonds is 4. The number of carbonyl (C=O) groups is 1. The van der Waals surface area contributed by atoms with Crippen LogP contribution in [0.25, 0.3) is 33.3 Å². The molecule has 0 radical (unpaired) electrons. The predicted molar refractivity (Wildman–Crippen MR) is 138 cm³/mol. The molecule has 194 valence electrons. The molecule has 1 fully saturated rings. The van der Waals surface area contributed by atoms with Crippen molar-refractivity contribution in [2.75, 3.05) is 43.6 Å². The summed E-state index contributed by atoms with van der Waals surface area (Å²) in [4.78, 5) is 35.8. The summed E-state index contributed by atoms with van der Waals surface area (Å²) in [6.07, 6.45) is 4.79. The molecule has 9 nitrogen and oxygen atoms in total. The Morgan fingerprint density at radius 1 is 1.13 bits per heavy atom. The van der Waals surface area contributed by atoms with Crippen molar-refractivity contribution in [3.8, 4) is 22.3 Å². The Kier molecular flexibility index (Phi) is 5.60. The minimum atomic E-state index is -1.33. The Labute approximate surface area is 215 Å². The topological polar surface area (TPSA) is 110 Å². The number of benzene rings is 1. The van der Waals surface area contributed by atoms with Gasteiger partial charge in [-0.1, -0.05) is 0 Å². The molecule has 0 unspecified atom stereocenters. The summed E-state index contributed by atoms with van der Waals surface area (Å²) in [6.45, 7) is 1.94. The van der Waals surface area contributed by atoms with Crippen LogP contribution in [0, 0.1) is 11.6 Å². The van der Waals surface area contributed by atoms with Crippen LogP contribution in [0.2, 0.25) is 0 Å². The van der Waals surface area contributed by atoms with Crippen molar-refractivity contribution in [1.29, 1.82) is 0 Å². The summed E-state index contributed by atoms with van der Waals surface area (Å²) >= 11 is 0. The molecule has 1 saturated heterocycles. The summed E-state index contributed by atoms with van der Waals surface area (Å²) in [5, 5.41) is 12.6. The van der Waals surface area contributed by atoms with E-state index in [1.807, 2.05) is 4.90 Å². The highest BCUT2D eigenvalue weighted by atomic mass is 19.2. The van der Waals surface area contributed by atoms with Gasteiger partial charge in [0.05, 0.1) is 30.0 Å². The van der Waals surface area contributed by atoms with E-state index in [0.29, 0.717) is 77.7 Å². The van der Waals surface area contributed by atoms with Gasteiger partial charge in [-0.15, -0.1) is 0 Å². The SMILES string of the molecule is CNc1cc(F)c(F)c2c1Cc1ncc(-c3cnc4c(c3)c(=O)c(C(=O)O)cn4C)c(N3CCOCC3)c1-2. The van der Waals surface area contributed by atoms with E-state index in [9.17, 15) is 19.1 Å². The third-order valence-corrected chi connectivity index (χ3v) is 7.20. The van der Waals surface area contributed by atoms with Gasteiger partial charge in [0.2, 0.25) is 5.43 Å². The predicted octanol–water partition coefficient (Wildman–Crippen LogP) is 3.42. The molecule has 0 spiro atoms. The van der Waals surface area contributed by atoms with Gasteiger partial charge >= 0.3 is 5.97 Å². The number of morpholine rings is 1. The molecule has 4 heterocycles. The molecule has 0 saturated carbocycles. The van der Waals surface area contributed by atoms with E-state index in [1.165, 1.54) is 10.8 Å². The van der Waals surface area contributed by atoms with Gasteiger partial charge in [-0.3, -0.25) is 9.78 Å². The maximum atomic E-state index is 15.4. The molecule has 0 atom stereocenters. The molecule has 6 rings (SSSR count). The number of aryl methyl sites for hydroxylation is 1. The first-order chi connectivity index (χ1) is 18.3. The van der Waals surface area contributed by atoms with Gasteiger partial charge in [0.25, 0.3) is 0 Å². The number of nitrogens with zero attached hydrogens (tertiary/aromatic N) is 4. The van der Waals surface area contributed by atoms with E-state index in [0.717, 1.165) is 6.07 Å². The molecule has 38 heavy (non-hydrogen) atoms. The second-order valence-electron chi connectivity index (χ2n) is 9.32. The Hall–Kier alpha value is -4.38. The number of hydrogen-bond donors (Lipinski definition) is 2. The van der Waals surface area contributed by atoms with Crippen molar-refractivity contribution < 1.29 is 23.4 Å². The van der Waals surface area contributed by atoms with Gasteiger partial charge in [-0.25, -0.2) is 18.6 Å². The van der Waals surface area contributed by atoms with Crippen LogP contribution in [-0.2, 0) is 18.2 Å². The van der Waals surface area contributed by atoms with Gasteiger partial charge in [-0.2, -0.15) is 0 Å². The zero-order valence-corrected chi connectivity index (χ0v) is 20.6. The van der Waals surface area contributed by atoms with Crippen LogP contribution in [0.15, 0.2) is 35.5 Å². The van der Waals surface area contributed by atoms with Crippen molar-refractivity contribution in [1.82, 2.24) is 14.5 Å². The van der Waals surface area contributed by atoms with Crippen LogP contribution < -0.4 is 15.6 Å². The average molecular weight is 520 g/mol. The number of aromatic nitrogens is 3. The number of nitrogens with one attached hydrogen (secondary N) is 1. The first-order valence-electron chi connectivity index (χ1n) is 12.1. The van der Waals surface area contributed by atoms with Crippen LogP contribution in [0.3, 0.4) is 0 Å². The van der Waals surface area contributed by atoms with Crippen molar-refractivity contribution >= 4 is 28.4 Å². The Balaban J connectivity index is 1.66. The van der Waals surface area contributed by atoms with Crippen LogP contribution >= 0.6 is 0 Å². The standard InChI is InChI=1S/C27H23F2N5O4/c1-30-19-9-18(28)23(29)21-14(19)8-20-22(21)24(34-3-5-38-6-4-34)16(11-31-20)13-7-15-25(35)17(27(36)37)12-33(2)26(15)32-10-13/h7,9-12,30H,3-6,8H2,1-2H3,(H,36,37). The summed E-state index contributed by atoms with van der Waals surface area (Å²) in [5.41, 5.74) is 3.42. The highest BCUT2D eigenvalue weighted by molar-refractivity contribution is 5.98. The fourth-order valence-corrected chi connectivity index (χ4v) is 5.43. The Morgan fingerprint density at radius 2 is 1.89 bits per heavy atom. The van der Waals surface area contributed by atoms with E-state index in [4.69, 9.17) is 4.74 Å². The summed E-state index contributed by atoms with van der Waals surface area (Å²) in [6, 6.07) is 2.74. The fourth-order valence-electron chi connectivity index (χ4n) is 5.43. The molecular weight excluding hydrogens is 496 g/mol. The maximum absolute atomic E-state index is 15.4. The molecule has 2 N–H and O–H groups in total. The number of carboxylic acids is 1. The lowest BCUT2D eigenvalue weighted by molar-refractivity contribution is 0.0695. The lowest BCUT2D eigenvalue weighted by Gasteiger charge is -2.32. The van der Waals surface area contributed by atoms with Crippen LogP contribution in [0.4, 0.5) is 20.2 Å². The number of pyridine rings is 3. The highest BCUT2D eigenvalue weighted by Gasteiger charge is 2.34. The van der Waals surface area contributed by atoms with Gasteiger partial charge in [-0.05, 0) is 11.6 Å². The summed E-state index contributed by atoms with van der Waals surface area (Å²) in [5.74, 6) is -3.24. The minimum Gasteiger partial charge on any atom is -0.477 e. The first-order valence-corrected chi connectivity index (χ1v) is 12.1. The summed E-state index contributed by atoms with van der Waals surface area (Å²) in [7, 11) is 3.27. The largest absolute Gasteiger partial charge is 0.477 e. The molecule has 0 amide bonds. The van der Waals surface area contributed by atoms with Crippen molar-refractivity contribution in [3.63, 3.8) is 0 Å². The lowest BCUT2D eigenvalue weighted by atomic mass is 9.96. The highest BCUT2D eigenvalue weighted by Crippen LogP contribution is 2.50. The normalized spacial score (nSPS) is 14.5. The maximum Gasteiger partial charge on any atom is 0.341 e. The zero-order valence-electron chi connectivity index (χ0n) is 20.6. The minimum absolute atomic E-state index is 0.133. The molecule has 3 aromatic heterocycles. The van der Waals surface area contributed by atoms with E-state index >= 15 is 4.39 Å². The number of halogens is 2. The molecule has 2 aliphatic rings. The van der Waals surface area contributed by atoms with Crippen LogP contribution in [0.1, 0.15) is 21.6 Å². The molecule has 1 aromatic carbocycles. The average Bonchev–Trinajstić information content (AvgIpc) is 3.32. The second-order valence-corrected chi connectivity index (χ2v) is 9.32. The van der Waals surface area contributed by atoms with E-state index < -0.39 is 23.0 Å². The fraction of sp³-hybridized carbons (Fsp3) is 0.259. The van der Waals surface area contributed by atoms with E-state index in [-0.39, 0.29) is 16.5 Å². The molecule has 11 heteroatoms. The van der Waals surface area contributed by atoms with Gasteiger partial charge in [0.15, 0.2) is 11.6 Å². The van der Waals surface area contributed by atoms with Gasteiger partial charge < -0.3 is 24.6 Å². The molecular formula is C27H23F2N5O4. The number of ether oxygens (including phenoxy) is 1. The summed E-state index contributed by atoms with van der Waals surface area (Å²) < 4.78 is 37.2. The van der Waals surface area contributed by atoms with E-state index in [1.54, 1.807) is 32.6 Å². The Morgan fingerprint density at radius 3 is 2.61 bits per heavy atom. The number of anilines is 2.